The van der Waals surface area contributed by atoms with Crippen molar-refractivity contribution in [2.24, 2.45) is 11.7 Å². The third kappa shape index (κ3) is 2.57. The summed E-state index contributed by atoms with van der Waals surface area (Å²) in [5, 5.41) is 0. The van der Waals surface area contributed by atoms with Gasteiger partial charge in [0.25, 0.3) is 0 Å². The van der Waals surface area contributed by atoms with E-state index < -0.39 is 0 Å². The van der Waals surface area contributed by atoms with E-state index in [1.54, 1.807) is 0 Å². The largest absolute Gasteiger partial charge is 0.330 e. The first-order chi connectivity index (χ1) is 9.35. The van der Waals surface area contributed by atoms with Gasteiger partial charge in [0.15, 0.2) is 0 Å². The van der Waals surface area contributed by atoms with Crippen LogP contribution in [0.2, 0.25) is 0 Å². The normalized spacial score (nSPS) is 39.9. The van der Waals surface area contributed by atoms with Crippen molar-refractivity contribution in [2.75, 3.05) is 26.2 Å². The number of hydrogen-bond donors (Lipinski definition) is 1. The Morgan fingerprint density at radius 2 is 1.84 bits per heavy atom. The number of likely N-dealkylation sites (N-methyl/N-ethyl adjacent to an activating group) is 1. The van der Waals surface area contributed by atoms with Gasteiger partial charge in [-0.25, -0.2) is 0 Å². The Labute approximate surface area is 118 Å². The van der Waals surface area contributed by atoms with Crippen molar-refractivity contribution < 1.29 is 0 Å². The van der Waals surface area contributed by atoms with E-state index >= 15 is 0 Å². The molecular weight excluding hydrogens is 234 g/mol. The summed E-state index contributed by atoms with van der Waals surface area (Å²) in [6, 6.07) is 2.46. The molecule has 1 saturated carbocycles. The molecule has 110 valence electrons. The van der Waals surface area contributed by atoms with Crippen LogP contribution in [0.15, 0.2) is 0 Å². The van der Waals surface area contributed by atoms with E-state index in [-0.39, 0.29) is 0 Å². The van der Waals surface area contributed by atoms with Crippen LogP contribution in [0, 0.1) is 5.92 Å². The lowest BCUT2D eigenvalue weighted by Gasteiger charge is -2.44. The number of rotatable bonds is 4. The molecule has 2 aliphatic heterocycles. The summed E-state index contributed by atoms with van der Waals surface area (Å²) >= 11 is 0. The SMILES string of the molecule is CCN(C1CCCCC1CN)C1CCN2CCCC12. The van der Waals surface area contributed by atoms with Gasteiger partial charge in [-0.3, -0.25) is 9.80 Å². The summed E-state index contributed by atoms with van der Waals surface area (Å²) in [5.41, 5.74) is 6.05. The molecule has 3 fully saturated rings. The fourth-order valence-electron chi connectivity index (χ4n) is 5.06. The molecule has 0 bridgehead atoms. The fourth-order valence-corrected chi connectivity index (χ4v) is 5.06. The summed E-state index contributed by atoms with van der Waals surface area (Å²) in [6.45, 7) is 7.16. The van der Waals surface area contributed by atoms with Gasteiger partial charge in [-0.1, -0.05) is 19.8 Å². The Kier molecular flexibility index (Phi) is 4.45. The first kappa shape index (κ1) is 13.8. The molecule has 4 unspecified atom stereocenters. The summed E-state index contributed by atoms with van der Waals surface area (Å²) in [4.78, 5) is 5.60. The second kappa shape index (κ2) is 6.11. The maximum absolute atomic E-state index is 6.05. The van der Waals surface area contributed by atoms with E-state index in [1.807, 2.05) is 0 Å². The van der Waals surface area contributed by atoms with Crippen LogP contribution in [-0.4, -0.2) is 54.1 Å². The molecule has 19 heavy (non-hydrogen) atoms. The highest BCUT2D eigenvalue weighted by molar-refractivity contribution is 4.99. The molecule has 2 heterocycles. The molecule has 0 spiro atoms. The number of fused-ring (bicyclic) bond motifs is 1. The highest BCUT2D eigenvalue weighted by Gasteiger charge is 2.43. The van der Waals surface area contributed by atoms with E-state index in [4.69, 9.17) is 5.73 Å². The third-order valence-electron chi connectivity index (χ3n) is 5.96. The van der Waals surface area contributed by atoms with Crippen LogP contribution in [0.4, 0.5) is 0 Å². The summed E-state index contributed by atoms with van der Waals surface area (Å²) in [6.07, 6.45) is 9.81. The second-order valence-corrected chi connectivity index (χ2v) is 6.78. The average Bonchev–Trinajstić information content (AvgIpc) is 3.04. The molecule has 3 nitrogen and oxygen atoms in total. The highest BCUT2D eigenvalue weighted by Crippen LogP contribution is 2.36. The zero-order chi connectivity index (χ0) is 13.2. The quantitative estimate of drug-likeness (QED) is 0.844. The molecule has 3 aliphatic rings. The van der Waals surface area contributed by atoms with Crippen LogP contribution in [-0.2, 0) is 0 Å². The molecule has 3 heteroatoms. The molecule has 2 N–H and O–H groups in total. The van der Waals surface area contributed by atoms with Gasteiger partial charge in [0.05, 0.1) is 0 Å². The van der Waals surface area contributed by atoms with Gasteiger partial charge >= 0.3 is 0 Å². The topological polar surface area (TPSA) is 32.5 Å². The highest BCUT2D eigenvalue weighted by atomic mass is 15.3. The monoisotopic (exact) mass is 265 g/mol. The molecule has 0 radical (unpaired) electrons. The molecule has 2 saturated heterocycles. The van der Waals surface area contributed by atoms with E-state index in [9.17, 15) is 0 Å². The zero-order valence-electron chi connectivity index (χ0n) is 12.6. The Morgan fingerprint density at radius 3 is 2.63 bits per heavy atom. The predicted octanol–water partition coefficient (Wildman–Crippen LogP) is 2.06. The van der Waals surface area contributed by atoms with Crippen molar-refractivity contribution in [2.45, 2.75) is 70.0 Å². The lowest BCUT2D eigenvalue weighted by atomic mass is 9.82. The minimum Gasteiger partial charge on any atom is -0.330 e. The van der Waals surface area contributed by atoms with Crippen LogP contribution >= 0.6 is 0 Å². The summed E-state index contributed by atoms with van der Waals surface area (Å²) in [7, 11) is 0. The van der Waals surface area contributed by atoms with Gasteiger partial charge in [0.1, 0.15) is 0 Å². The van der Waals surface area contributed by atoms with Crippen molar-refractivity contribution in [3.8, 4) is 0 Å². The number of nitrogens with zero attached hydrogens (tertiary/aromatic N) is 2. The third-order valence-corrected chi connectivity index (χ3v) is 5.96. The maximum Gasteiger partial charge on any atom is 0.0266 e. The maximum atomic E-state index is 6.05. The van der Waals surface area contributed by atoms with E-state index in [2.05, 4.69) is 16.7 Å². The predicted molar refractivity (Wildman–Crippen MR) is 80.2 cm³/mol. The van der Waals surface area contributed by atoms with E-state index in [0.29, 0.717) is 0 Å². The minimum absolute atomic E-state index is 0.754. The van der Waals surface area contributed by atoms with Crippen molar-refractivity contribution in [3.63, 3.8) is 0 Å². The summed E-state index contributed by atoms with van der Waals surface area (Å²) < 4.78 is 0. The molecule has 0 aromatic rings. The van der Waals surface area contributed by atoms with Crippen LogP contribution in [0.3, 0.4) is 0 Å². The first-order valence-corrected chi connectivity index (χ1v) is 8.55. The smallest absolute Gasteiger partial charge is 0.0266 e. The Hall–Kier alpha value is -0.120. The van der Waals surface area contributed by atoms with E-state index in [0.717, 1.165) is 30.6 Å². The Morgan fingerprint density at radius 1 is 1.00 bits per heavy atom. The van der Waals surface area contributed by atoms with Crippen LogP contribution in [0.5, 0.6) is 0 Å². The molecular formula is C16H31N3. The second-order valence-electron chi connectivity index (χ2n) is 6.78. The average molecular weight is 265 g/mol. The van der Waals surface area contributed by atoms with Gasteiger partial charge in [-0.15, -0.1) is 0 Å². The molecule has 0 aromatic carbocycles. The zero-order valence-corrected chi connectivity index (χ0v) is 12.6. The molecule has 0 amide bonds. The van der Waals surface area contributed by atoms with Crippen molar-refractivity contribution in [1.29, 1.82) is 0 Å². The van der Waals surface area contributed by atoms with Crippen molar-refractivity contribution >= 4 is 0 Å². The standard InChI is InChI=1S/C16H31N3/c1-2-19(14-7-4-3-6-13(14)12-17)16-9-11-18-10-5-8-15(16)18/h13-16H,2-12,17H2,1H3. The van der Waals surface area contributed by atoms with Crippen LogP contribution < -0.4 is 5.73 Å². The lowest BCUT2D eigenvalue weighted by Crippen LogP contribution is -2.52. The van der Waals surface area contributed by atoms with E-state index in [1.165, 1.54) is 64.6 Å². The van der Waals surface area contributed by atoms with Crippen LogP contribution in [0.25, 0.3) is 0 Å². The summed E-state index contributed by atoms with van der Waals surface area (Å²) in [5.74, 6) is 0.754. The Balaban J connectivity index is 1.72. The van der Waals surface area contributed by atoms with Gasteiger partial charge in [0, 0.05) is 24.7 Å². The molecule has 3 rings (SSSR count). The lowest BCUT2D eigenvalue weighted by molar-refractivity contribution is 0.0575. The van der Waals surface area contributed by atoms with Crippen molar-refractivity contribution in [3.05, 3.63) is 0 Å². The minimum atomic E-state index is 0.754. The molecule has 0 aromatic heterocycles. The van der Waals surface area contributed by atoms with Gasteiger partial charge in [0.2, 0.25) is 0 Å². The Bertz CT molecular complexity index is 290. The fraction of sp³-hybridized carbons (Fsp3) is 1.00. The first-order valence-electron chi connectivity index (χ1n) is 8.55. The number of nitrogens with two attached hydrogens (primary N) is 1. The van der Waals surface area contributed by atoms with Gasteiger partial charge in [-0.2, -0.15) is 0 Å². The van der Waals surface area contributed by atoms with Gasteiger partial charge in [-0.05, 0) is 57.7 Å². The van der Waals surface area contributed by atoms with Gasteiger partial charge < -0.3 is 5.73 Å². The van der Waals surface area contributed by atoms with Crippen LogP contribution in [0.1, 0.15) is 51.9 Å². The van der Waals surface area contributed by atoms with Crippen molar-refractivity contribution in [1.82, 2.24) is 9.80 Å². The molecule has 4 atom stereocenters. The number of hydrogen-bond acceptors (Lipinski definition) is 3. The molecule has 1 aliphatic carbocycles.